The molecule has 0 saturated carbocycles. The van der Waals surface area contributed by atoms with Crippen LogP contribution in [0.5, 0.6) is 0 Å². The summed E-state index contributed by atoms with van der Waals surface area (Å²) in [5.74, 6) is 0. The highest BCUT2D eigenvalue weighted by Gasteiger charge is 1.78. The zero-order valence-corrected chi connectivity index (χ0v) is 3.65. The second-order valence-corrected chi connectivity index (χ2v) is 1.34. The maximum atomic E-state index is 3.07. The second kappa shape index (κ2) is 1.81. The predicted molar refractivity (Wildman–Crippen MR) is 26.2 cm³/mol. The third kappa shape index (κ3) is 0.713. The van der Waals surface area contributed by atoms with Crippen molar-refractivity contribution in [3.8, 4) is 0 Å². The summed E-state index contributed by atoms with van der Waals surface area (Å²) < 4.78 is 0. The quantitative estimate of drug-likeness (QED) is 0.414. The van der Waals surface area contributed by atoms with Crippen LogP contribution in [0.3, 0.4) is 0 Å². The zero-order chi connectivity index (χ0) is 4.24. The van der Waals surface area contributed by atoms with E-state index < -0.39 is 0 Å². The first kappa shape index (κ1) is 3.66. The molecule has 0 heteroatoms. The average Bonchev–Trinajstić information content (AvgIpc) is 1.72. The van der Waals surface area contributed by atoms with Gasteiger partial charge in [0, 0.05) is 0 Å². The van der Waals surface area contributed by atoms with Crippen molar-refractivity contribution in [2.24, 2.45) is 0 Å². The van der Waals surface area contributed by atoms with Gasteiger partial charge in [0.1, 0.15) is 0 Å². The van der Waals surface area contributed by atoms with Gasteiger partial charge in [-0.05, 0) is 18.9 Å². The molecule has 0 heterocycles. The Bertz CT molecular complexity index is 66.0. The molecule has 0 unspecified atom stereocenters. The van der Waals surface area contributed by atoms with Gasteiger partial charge in [-0.25, -0.2) is 0 Å². The lowest BCUT2D eigenvalue weighted by molar-refractivity contribution is 1.01. The lowest BCUT2D eigenvalue weighted by Crippen LogP contribution is -1.68. The summed E-state index contributed by atoms with van der Waals surface area (Å²) in [6.07, 6.45) is 11.5. The first-order chi connectivity index (χ1) is 3.00. The van der Waals surface area contributed by atoms with Gasteiger partial charge in [-0.15, -0.1) is 0 Å². The summed E-state index contributed by atoms with van der Waals surface area (Å²) in [4.78, 5) is 0. The molecule has 0 aromatic carbocycles. The zero-order valence-electron chi connectivity index (χ0n) is 3.65. The number of rotatable bonds is 0. The third-order valence-corrected chi connectivity index (χ3v) is 0.806. The summed E-state index contributed by atoms with van der Waals surface area (Å²) in [6.45, 7) is 0. The Kier molecular flexibility index (Phi) is 1.10. The van der Waals surface area contributed by atoms with Crippen molar-refractivity contribution < 1.29 is 0 Å². The van der Waals surface area contributed by atoms with Crippen LogP contribution in [-0.4, -0.2) is 0 Å². The molecule has 0 amide bonds. The van der Waals surface area contributed by atoms with Crippen LogP contribution in [0.15, 0.2) is 18.2 Å². The average molecular weight is 79.1 g/mol. The molecule has 0 aromatic heterocycles. The van der Waals surface area contributed by atoms with Gasteiger partial charge < -0.3 is 0 Å². The third-order valence-electron chi connectivity index (χ3n) is 0.806. The lowest BCUT2D eigenvalue weighted by atomic mass is 10.2. The Hall–Kier alpha value is -0.520. The molecule has 0 nitrogen and oxygen atoms in total. The van der Waals surface area contributed by atoms with Gasteiger partial charge in [-0.3, -0.25) is 0 Å². The molecule has 0 bridgehead atoms. The van der Waals surface area contributed by atoms with Crippen molar-refractivity contribution >= 4 is 0 Å². The van der Waals surface area contributed by atoms with E-state index in [9.17, 15) is 0 Å². The van der Waals surface area contributed by atoms with E-state index in [-0.39, 0.29) is 0 Å². The highest BCUT2D eigenvalue weighted by molar-refractivity contribution is 5.03. The Morgan fingerprint density at radius 2 is 2.50 bits per heavy atom. The first-order valence-corrected chi connectivity index (χ1v) is 2.22. The molecule has 0 N–H and O–H groups in total. The van der Waals surface area contributed by atoms with E-state index in [4.69, 9.17) is 0 Å². The summed E-state index contributed by atoms with van der Waals surface area (Å²) >= 11 is 0. The normalized spacial score (nSPS) is 18.7. The van der Waals surface area contributed by atoms with Crippen LogP contribution in [0.2, 0.25) is 0 Å². The minimum atomic E-state index is 1.11. The van der Waals surface area contributed by atoms with Gasteiger partial charge in [-0.2, -0.15) is 0 Å². The largest absolute Gasteiger partial charge is 0.0842 e. The molecule has 1 rings (SSSR count). The maximum Gasteiger partial charge on any atom is -0.0241 e. The molecule has 6 heavy (non-hydrogen) atoms. The van der Waals surface area contributed by atoms with Gasteiger partial charge in [0.25, 0.3) is 0 Å². The molecular formula is C6H7. The van der Waals surface area contributed by atoms with E-state index in [1.165, 1.54) is 6.42 Å². The van der Waals surface area contributed by atoms with Crippen molar-refractivity contribution in [1.29, 1.82) is 0 Å². The maximum absolute atomic E-state index is 3.07. The second-order valence-electron chi connectivity index (χ2n) is 1.34. The topological polar surface area (TPSA) is 0 Å². The van der Waals surface area contributed by atoms with Gasteiger partial charge in [0.05, 0.1) is 0 Å². The van der Waals surface area contributed by atoms with Gasteiger partial charge in [-0.1, -0.05) is 18.2 Å². The Morgan fingerprint density at radius 1 is 1.50 bits per heavy atom. The molecular weight excluding hydrogens is 72.1 g/mol. The van der Waals surface area contributed by atoms with Crippen LogP contribution in [0.25, 0.3) is 0 Å². The van der Waals surface area contributed by atoms with Crippen molar-refractivity contribution in [3.63, 3.8) is 0 Å². The Morgan fingerprint density at radius 3 is 2.67 bits per heavy atom. The number of allylic oxidation sites excluding steroid dienone is 4. The Labute approximate surface area is 38.2 Å². The molecule has 1 aliphatic rings. The highest BCUT2D eigenvalue weighted by Crippen LogP contribution is 1.96. The molecule has 1 radical (unpaired) electrons. The monoisotopic (exact) mass is 79.1 g/mol. The van der Waals surface area contributed by atoms with Crippen LogP contribution in [0, 0.1) is 6.08 Å². The van der Waals surface area contributed by atoms with E-state index in [0.29, 0.717) is 0 Å². The van der Waals surface area contributed by atoms with Gasteiger partial charge in [0.2, 0.25) is 0 Å². The minimum absolute atomic E-state index is 1.11. The molecule has 1 aliphatic carbocycles. The number of hydrogen-bond donors (Lipinski definition) is 0. The van der Waals surface area contributed by atoms with E-state index in [2.05, 4.69) is 12.2 Å². The highest BCUT2D eigenvalue weighted by atomic mass is 13.8. The van der Waals surface area contributed by atoms with Crippen LogP contribution in [0.1, 0.15) is 12.8 Å². The SMILES string of the molecule is [C]1=CC=CCC1. The fraction of sp³-hybridized carbons (Fsp3) is 0.333. The first-order valence-electron chi connectivity index (χ1n) is 2.22. The van der Waals surface area contributed by atoms with Crippen LogP contribution in [-0.2, 0) is 0 Å². The minimum Gasteiger partial charge on any atom is -0.0842 e. The summed E-state index contributed by atoms with van der Waals surface area (Å²) in [5, 5.41) is 0. The summed E-state index contributed by atoms with van der Waals surface area (Å²) in [7, 11) is 0. The fourth-order valence-corrected chi connectivity index (χ4v) is 0.482. The standard InChI is InChI=1S/C6H7/c1-2-4-6-5-3-1/h1-3H,4,6H2. The molecule has 0 saturated heterocycles. The van der Waals surface area contributed by atoms with Crippen molar-refractivity contribution in [3.05, 3.63) is 24.3 Å². The lowest BCUT2D eigenvalue weighted by Gasteiger charge is -1.87. The van der Waals surface area contributed by atoms with E-state index in [0.717, 1.165) is 6.42 Å². The van der Waals surface area contributed by atoms with Crippen LogP contribution < -0.4 is 0 Å². The molecule has 0 aliphatic heterocycles. The molecule has 0 spiro atoms. The Balaban J connectivity index is 2.46. The molecule has 0 aromatic rings. The smallest absolute Gasteiger partial charge is 0.0241 e. The van der Waals surface area contributed by atoms with Gasteiger partial charge >= 0.3 is 0 Å². The van der Waals surface area contributed by atoms with Crippen molar-refractivity contribution in [2.75, 3.05) is 0 Å². The van der Waals surface area contributed by atoms with E-state index >= 15 is 0 Å². The van der Waals surface area contributed by atoms with Crippen LogP contribution in [0.4, 0.5) is 0 Å². The van der Waals surface area contributed by atoms with E-state index in [1.54, 1.807) is 0 Å². The summed E-state index contributed by atoms with van der Waals surface area (Å²) in [5.41, 5.74) is 0. The molecule has 0 atom stereocenters. The predicted octanol–water partition coefficient (Wildman–Crippen LogP) is 1.70. The van der Waals surface area contributed by atoms with Crippen LogP contribution >= 0.6 is 0 Å². The fourth-order valence-electron chi connectivity index (χ4n) is 0.482. The molecule has 0 fully saturated rings. The molecule has 31 valence electrons. The summed E-state index contributed by atoms with van der Waals surface area (Å²) in [6, 6.07) is 0. The van der Waals surface area contributed by atoms with E-state index in [1.807, 2.05) is 12.2 Å². The van der Waals surface area contributed by atoms with Crippen molar-refractivity contribution in [2.45, 2.75) is 12.8 Å². The van der Waals surface area contributed by atoms with Gasteiger partial charge in [0.15, 0.2) is 0 Å². The van der Waals surface area contributed by atoms with Crippen molar-refractivity contribution in [1.82, 2.24) is 0 Å². The number of hydrogen-bond acceptors (Lipinski definition) is 0.